The molecule has 0 unspecified atom stereocenters. The van der Waals surface area contributed by atoms with Crippen molar-refractivity contribution in [3.05, 3.63) is 54.1 Å². The van der Waals surface area contributed by atoms with Crippen molar-refractivity contribution in [1.82, 2.24) is 10.2 Å². The molecule has 1 heterocycles. The molecule has 1 aromatic heterocycles. The van der Waals surface area contributed by atoms with Crippen molar-refractivity contribution in [1.29, 1.82) is 0 Å². The molecule has 3 rings (SSSR count). The molecule has 0 saturated carbocycles. The van der Waals surface area contributed by atoms with E-state index in [-0.39, 0.29) is 16.8 Å². The summed E-state index contributed by atoms with van der Waals surface area (Å²) in [5.74, 6) is 0.396. The minimum atomic E-state index is -3.36. The van der Waals surface area contributed by atoms with Crippen LogP contribution in [0.3, 0.4) is 0 Å². The van der Waals surface area contributed by atoms with Gasteiger partial charge in [0.25, 0.3) is 5.91 Å². The van der Waals surface area contributed by atoms with Crippen LogP contribution >= 0.6 is 0 Å². The summed E-state index contributed by atoms with van der Waals surface area (Å²) in [4.78, 5) is 12.5. The van der Waals surface area contributed by atoms with Gasteiger partial charge in [-0.3, -0.25) is 10.1 Å². The fourth-order valence-electron chi connectivity index (χ4n) is 2.66. The summed E-state index contributed by atoms with van der Waals surface area (Å²) in [6, 6.07) is 12.8. The largest absolute Gasteiger partial charge is 0.494 e. The van der Waals surface area contributed by atoms with Crippen LogP contribution in [0.25, 0.3) is 11.5 Å². The van der Waals surface area contributed by atoms with Crippen LogP contribution in [-0.4, -0.2) is 37.4 Å². The number of carbonyl (C=O) groups is 1. The maximum Gasteiger partial charge on any atom is 0.322 e. The third kappa shape index (κ3) is 5.66. The summed E-state index contributed by atoms with van der Waals surface area (Å²) in [5.41, 5.74) is 0.852. The Labute approximate surface area is 175 Å². The average molecular weight is 429 g/mol. The van der Waals surface area contributed by atoms with Gasteiger partial charge in [0.1, 0.15) is 5.75 Å². The number of anilines is 1. The smallest absolute Gasteiger partial charge is 0.322 e. The number of amides is 1. The van der Waals surface area contributed by atoms with Crippen molar-refractivity contribution < 1.29 is 22.4 Å². The minimum absolute atomic E-state index is 0.0837. The lowest BCUT2D eigenvalue weighted by atomic mass is 10.2. The number of benzene rings is 2. The fraction of sp³-hybridized carbons (Fsp3) is 0.286. The molecule has 0 aliphatic carbocycles. The molecular formula is C21H23N3O5S. The molecule has 158 valence electrons. The first kappa shape index (κ1) is 21.5. The van der Waals surface area contributed by atoms with Crippen molar-refractivity contribution in [2.75, 3.05) is 18.2 Å². The second kappa shape index (κ2) is 9.53. The Kier molecular flexibility index (Phi) is 6.83. The van der Waals surface area contributed by atoms with E-state index in [1.54, 1.807) is 36.4 Å². The highest BCUT2D eigenvalue weighted by molar-refractivity contribution is 7.90. The van der Waals surface area contributed by atoms with Gasteiger partial charge in [-0.2, -0.15) is 0 Å². The number of ether oxygens (including phenoxy) is 1. The highest BCUT2D eigenvalue weighted by Gasteiger charge is 2.15. The molecule has 0 atom stereocenters. The van der Waals surface area contributed by atoms with E-state index in [1.807, 2.05) is 0 Å². The number of nitrogens with zero attached hydrogens (tertiary/aromatic N) is 2. The monoisotopic (exact) mass is 429 g/mol. The molecule has 8 nitrogen and oxygen atoms in total. The first-order valence-corrected chi connectivity index (χ1v) is 11.4. The molecule has 9 heteroatoms. The summed E-state index contributed by atoms with van der Waals surface area (Å²) in [6.07, 6.45) is 4.35. The van der Waals surface area contributed by atoms with Gasteiger partial charge in [-0.15, -0.1) is 5.10 Å². The van der Waals surface area contributed by atoms with Gasteiger partial charge < -0.3 is 9.15 Å². The van der Waals surface area contributed by atoms with Gasteiger partial charge in [-0.05, 0) is 48.9 Å². The second-order valence-corrected chi connectivity index (χ2v) is 8.76. The van der Waals surface area contributed by atoms with Gasteiger partial charge in [-0.1, -0.05) is 30.9 Å². The van der Waals surface area contributed by atoms with Crippen molar-refractivity contribution in [3.8, 4) is 17.2 Å². The second-order valence-electron chi connectivity index (χ2n) is 6.75. The number of hydrogen-bond donors (Lipinski definition) is 1. The Morgan fingerprint density at radius 2 is 1.87 bits per heavy atom. The van der Waals surface area contributed by atoms with E-state index in [2.05, 4.69) is 22.4 Å². The standard InChI is InChI=1S/C21H23N3O5S/c1-3-4-5-13-28-17-11-9-15(10-12-17)19(25)22-21-24-23-20(29-21)16-7-6-8-18(14-16)30(2,26)27/h6-12,14H,3-5,13H2,1-2H3,(H,22,24,25). The Morgan fingerprint density at radius 1 is 1.10 bits per heavy atom. The van der Waals surface area contributed by atoms with E-state index < -0.39 is 15.7 Å². The maximum atomic E-state index is 12.4. The lowest BCUT2D eigenvalue weighted by molar-refractivity contribution is 0.102. The van der Waals surface area contributed by atoms with Gasteiger partial charge in [0, 0.05) is 17.4 Å². The van der Waals surface area contributed by atoms with Gasteiger partial charge in [-0.25, -0.2) is 8.42 Å². The zero-order valence-corrected chi connectivity index (χ0v) is 17.6. The molecule has 0 aliphatic rings. The van der Waals surface area contributed by atoms with Crippen LogP contribution in [0.5, 0.6) is 5.75 Å². The van der Waals surface area contributed by atoms with E-state index in [0.29, 0.717) is 23.5 Å². The molecule has 30 heavy (non-hydrogen) atoms. The molecule has 0 bridgehead atoms. The maximum absolute atomic E-state index is 12.4. The van der Waals surface area contributed by atoms with E-state index >= 15 is 0 Å². The predicted octanol–water partition coefficient (Wildman–Crippen LogP) is 3.96. The summed E-state index contributed by atoms with van der Waals surface area (Å²) in [7, 11) is -3.36. The van der Waals surface area contributed by atoms with Gasteiger partial charge in [0.2, 0.25) is 5.89 Å². The molecule has 2 aromatic carbocycles. The number of carbonyl (C=O) groups excluding carboxylic acids is 1. The topological polar surface area (TPSA) is 111 Å². The summed E-state index contributed by atoms with van der Waals surface area (Å²) >= 11 is 0. The lowest BCUT2D eigenvalue weighted by Gasteiger charge is -2.06. The fourth-order valence-corrected chi connectivity index (χ4v) is 3.33. The predicted molar refractivity (Wildman–Crippen MR) is 112 cm³/mol. The van der Waals surface area contributed by atoms with Crippen molar-refractivity contribution in [2.24, 2.45) is 0 Å². The van der Waals surface area contributed by atoms with E-state index in [0.717, 1.165) is 25.5 Å². The lowest BCUT2D eigenvalue weighted by Crippen LogP contribution is -2.12. The van der Waals surface area contributed by atoms with Crippen LogP contribution < -0.4 is 10.1 Å². The summed E-state index contributed by atoms with van der Waals surface area (Å²) in [6.45, 7) is 2.77. The molecule has 0 fully saturated rings. The molecular weight excluding hydrogens is 406 g/mol. The Hall–Kier alpha value is -3.20. The van der Waals surface area contributed by atoms with Crippen LogP contribution in [0.15, 0.2) is 57.8 Å². The van der Waals surface area contributed by atoms with E-state index in [1.165, 1.54) is 12.1 Å². The van der Waals surface area contributed by atoms with Crippen LogP contribution in [0.1, 0.15) is 36.5 Å². The van der Waals surface area contributed by atoms with E-state index in [9.17, 15) is 13.2 Å². The summed E-state index contributed by atoms with van der Waals surface area (Å²) in [5, 5.41) is 10.2. The average Bonchev–Trinajstić information content (AvgIpc) is 3.19. The van der Waals surface area contributed by atoms with Gasteiger partial charge >= 0.3 is 6.01 Å². The highest BCUT2D eigenvalue weighted by atomic mass is 32.2. The number of sulfone groups is 1. The molecule has 0 saturated heterocycles. The van der Waals surface area contributed by atoms with Crippen molar-refractivity contribution >= 4 is 21.8 Å². The van der Waals surface area contributed by atoms with E-state index in [4.69, 9.17) is 9.15 Å². The minimum Gasteiger partial charge on any atom is -0.494 e. The Balaban J connectivity index is 1.64. The first-order valence-electron chi connectivity index (χ1n) is 9.55. The highest BCUT2D eigenvalue weighted by Crippen LogP contribution is 2.23. The molecule has 3 aromatic rings. The number of nitrogens with one attached hydrogen (secondary N) is 1. The van der Waals surface area contributed by atoms with Crippen LogP contribution in [-0.2, 0) is 9.84 Å². The molecule has 1 amide bonds. The van der Waals surface area contributed by atoms with Crippen LogP contribution in [0.2, 0.25) is 0 Å². The SMILES string of the molecule is CCCCCOc1ccc(C(=O)Nc2nnc(-c3cccc(S(C)(=O)=O)c3)o2)cc1. The normalized spacial score (nSPS) is 11.3. The number of unbranched alkanes of at least 4 members (excludes halogenated alkanes) is 2. The quantitative estimate of drug-likeness (QED) is 0.512. The Bertz CT molecular complexity index is 1110. The number of rotatable bonds is 9. The molecule has 0 aliphatic heterocycles. The van der Waals surface area contributed by atoms with Crippen LogP contribution in [0, 0.1) is 0 Å². The summed E-state index contributed by atoms with van der Waals surface area (Å²) < 4.78 is 34.5. The van der Waals surface area contributed by atoms with Gasteiger partial charge in [0.05, 0.1) is 11.5 Å². The zero-order chi connectivity index (χ0) is 21.6. The molecule has 0 radical (unpaired) electrons. The third-order valence-corrected chi connectivity index (χ3v) is 5.40. The molecule has 0 spiro atoms. The number of hydrogen-bond acceptors (Lipinski definition) is 7. The Morgan fingerprint density at radius 3 is 2.57 bits per heavy atom. The number of aromatic nitrogens is 2. The van der Waals surface area contributed by atoms with Gasteiger partial charge in [0.15, 0.2) is 9.84 Å². The van der Waals surface area contributed by atoms with Crippen LogP contribution in [0.4, 0.5) is 6.01 Å². The first-order chi connectivity index (χ1) is 14.4. The molecule has 1 N–H and O–H groups in total. The van der Waals surface area contributed by atoms with Crippen molar-refractivity contribution in [3.63, 3.8) is 0 Å². The van der Waals surface area contributed by atoms with Crippen molar-refractivity contribution in [2.45, 2.75) is 31.1 Å². The third-order valence-electron chi connectivity index (χ3n) is 4.29. The zero-order valence-electron chi connectivity index (χ0n) is 16.8.